The van der Waals surface area contributed by atoms with Crippen LogP contribution in [-0.2, 0) is 9.59 Å². The third kappa shape index (κ3) is 5.40. The van der Waals surface area contributed by atoms with Crippen LogP contribution in [0.2, 0.25) is 0 Å². The second kappa shape index (κ2) is 7.25. The largest absolute Gasteiger partial charge is 0.347 e. The van der Waals surface area contributed by atoms with Crippen LogP contribution >= 0.6 is 15.9 Å². The van der Waals surface area contributed by atoms with Crippen LogP contribution in [0.25, 0.3) is 0 Å². The lowest BCUT2D eigenvalue weighted by atomic mass is 10.2. The predicted molar refractivity (Wildman–Crippen MR) is 79.1 cm³/mol. The van der Waals surface area contributed by atoms with Gasteiger partial charge in [-0.05, 0) is 44.8 Å². The molecule has 1 aromatic rings. The van der Waals surface area contributed by atoms with Crippen LogP contribution in [0, 0.1) is 6.92 Å². The number of benzene rings is 1. The summed E-state index contributed by atoms with van der Waals surface area (Å²) >= 11 is 3.34. The van der Waals surface area contributed by atoms with E-state index in [9.17, 15) is 9.59 Å². The van der Waals surface area contributed by atoms with Gasteiger partial charge in [0.05, 0.1) is 0 Å². The highest BCUT2D eigenvalue weighted by Gasteiger charge is 2.14. The Morgan fingerprint density at radius 2 is 1.95 bits per heavy atom. The van der Waals surface area contributed by atoms with Crippen LogP contribution in [0.15, 0.2) is 22.7 Å². The molecule has 2 amide bonds. The maximum absolute atomic E-state index is 11.7. The molecule has 0 aliphatic heterocycles. The van der Waals surface area contributed by atoms with E-state index in [1.807, 2.05) is 38.1 Å². The van der Waals surface area contributed by atoms with Crippen molar-refractivity contribution >= 4 is 33.4 Å². The summed E-state index contributed by atoms with van der Waals surface area (Å²) in [7, 11) is 3.80. The van der Waals surface area contributed by atoms with Crippen molar-refractivity contribution in [2.75, 3.05) is 32.5 Å². The van der Waals surface area contributed by atoms with Crippen molar-refractivity contribution in [1.82, 2.24) is 10.2 Å². The van der Waals surface area contributed by atoms with E-state index in [4.69, 9.17) is 0 Å². The number of hydrogen-bond acceptors (Lipinski definition) is 3. The van der Waals surface area contributed by atoms with E-state index in [1.54, 1.807) is 6.07 Å². The zero-order chi connectivity index (χ0) is 14.4. The molecule has 1 aromatic carbocycles. The van der Waals surface area contributed by atoms with Gasteiger partial charge in [-0.15, -0.1) is 0 Å². The summed E-state index contributed by atoms with van der Waals surface area (Å²) in [5.41, 5.74) is 1.53. The number of nitrogens with zero attached hydrogens (tertiary/aromatic N) is 1. The lowest BCUT2D eigenvalue weighted by molar-refractivity contribution is -0.136. The molecule has 0 aliphatic carbocycles. The fourth-order valence-corrected chi connectivity index (χ4v) is 1.90. The smallest absolute Gasteiger partial charge is 0.313 e. The minimum atomic E-state index is -0.649. The second-order valence-electron chi connectivity index (χ2n) is 4.47. The number of carbonyl (C=O) groups excluding carboxylic acids is 2. The molecule has 0 bridgehead atoms. The third-order valence-electron chi connectivity index (χ3n) is 2.49. The number of aryl methyl sites for hydroxylation is 1. The van der Waals surface area contributed by atoms with Crippen molar-refractivity contribution in [3.8, 4) is 0 Å². The van der Waals surface area contributed by atoms with Gasteiger partial charge in [-0.25, -0.2) is 0 Å². The first-order valence-electron chi connectivity index (χ1n) is 5.90. The standard InChI is InChI=1S/C13H18BrN3O2/c1-9-8-10(14)4-5-11(9)16-13(19)12(18)15-6-7-17(2)3/h4-5,8H,6-7H2,1-3H3,(H,15,18)(H,16,19). The molecule has 1 rings (SSSR count). The van der Waals surface area contributed by atoms with Gasteiger partial charge in [0.25, 0.3) is 0 Å². The Balaban J connectivity index is 2.52. The molecule has 0 saturated carbocycles. The number of halogens is 1. The van der Waals surface area contributed by atoms with Crippen LogP contribution in [0.5, 0.6) is 0 Å². The topological polar surface area (TPSA) is 61.4 Å². The highest BCUT2D eigenvalue weighted by molar-refractivity contribution is 9.10. The first kappa shape index (κ1) is 15.7. The molecular formula is C13H18BrN3O2. The number of amides is 2. The number of likely N-dealkylation sites (N-methyl/N-ethyl adjacent to an activating group) is 1. The summed E-state index contributed by atoms with van der Waals surface area (Å²) in [5.74, 6) is -1.27. The Morgan fingerprint density at radius 1 is 1.26 bits per heavy atom. The number of rotatable bonds is 4. The van der Waals surface area contributed by atoms with Gasteiger partial charge in [-0.1, -0.05) is 15.9 Å². The Labute approximate surface area is 121 Å². The van der Waals surface area contributed by atoms with E-state index in [0.717, 1.165) is 10.0 Å². The van der Waals surface area contributed by atoms with Gasteiger partial charge in [-0.2, -0.15) is 0 Å². The van der Waals surface area contributed by atoms with Gasteiger partial charge >= 0.3 is 11.8 Å². The molecule has 5 nitrogen and oxygen atoms in total. The highest BCUT2D eigenvalue weighted by Crippen LogP contribution is 2.19. The average Bonchev–Trinajstić information content (AvgIpc) is 2.32. The quantitative estimate of drug-likeness (QED) is 0.821. The molecular weight excluding hydrogens is 310 g/mol. The molecule has 104 valence electrons. The Kier molecular flexibility index (Phi) is 5.98. The monoisotopic (exact) mass is 327 g/mol. The van der Waals surface area contributed by atoms with Gasteiger partial charge in [0.2, 0.25) is 0 Å². The first-order chi connectivity index (χ1) is 8.90. The molecule has 2 N–H and O–H groups in total. The predicted octanol–water partition coefficient (Wildman–Crippen LogP) is 1.37. The van der Waals surface area contributed by atoms with Crippen molar-refractivity contribution in [1.29, 1.82) is 0 Å². The maximum atomic E-state index is 11.7. The summed E-state index contributed by atoms with van der Waals surface area (Å²) in [4.78, 5) is 25.2. The zero-order valence-electron chi connectivity index (χ0n) is 11.3. The minimum Gasteiger partial charge on any atom is -0.347 e. The molecule has 0 heterocycles. The second-order valence-corrected chi connectivity index (χ2v) is 5.39. The van der Waals surface area contributed by atoms with Crippen molar-refractivity contribution in [2.45, 2.75) is 6.92 Å². The lowest BCUT2D eigenvalue weighted by Gasteiger charge is -2.11. The van der Waals surface area contributed by atoms with Gasteiger partial charge in [-0.3, -0.25) is 9.59 Å². The van der Waals surface area contributed by atoms with E-state index in [0.29, 0.717) is 18.8 Å². The number of anilines is 1. The Hall–Kier alpha value is -1.40. The van der Waals surface area contributed by atoms with Crippen LogP contribution in [0.1, 0.15) is 5.56 Å². The van der Waals surface area contributed by atoms with Crippen molar-refractivity contribution in [2.24, 2.45) is 0 Å². The van der Waals surface area contributed by atoms with Crippen LogP contribution in [0.4, 0.5) is 5.69 Å². The van der Waals surface area contributed by atoms with Crippen molar-refractivity contribution in [3.05, 3.63) is 28.2 Å². The summed E-state index contributed by atoms with van der Waals surface area (Å²) in [6.45, 7) is 3.00. The molecule has 19 heavy (non-hydrogen) atoms. The molecule has 0 spiro atoms. The minimum absolute atomic E-state index is 0.443. The molecule has 0 aliphatic rings. The van der Waals surface area contributed by atoms with Crippen molar-refractivity contribution < 1.29 is 9.59 Å². The molecule has 0 saturated heterocycles. The SMILES string of the molecule is Cc1cc(Br)ccc1NC(=O)C(=O)NCCN(C)C. The van der Waals surface area contributed by atoms with E-state index in [1.165, 1.54) is 0 Å². The van der Waals surface area contributed by atoms with E-state index in [2.05, 4.69) is 26.6 Å². The Morgan fingerprint density at radius 3 is 2.53 bits per heavy atom. The average molecular weight is 328 g/mol. The first-order valence-corrected chi connectivity index (χ1v) is 6.69. The fraction of sp³-hybridized carbons (Fsp3) is 0.385. The van der Waals surface area contributed by atoms with Gasteiger partial charge in [0.1, 0.15) is 0 Å². The van der Waals surface area contributed by atoms with Gasteiger partial charge in [0, 0.05) is 23.2 Å². The maximum Gasteiger partial charge on any atom is 0.313 e. The summed E-state index contributed by atoms with van der Waals surface area (Å²) in [6.07, 6.45) is 0. The molecule has 0 radical (unpaired) electrons. The normalized spacial score (nSPS) is 10.4. The molecule has 0 unspecified atom stereocenters. The van der Waals surface area contributed by atoms with Crippen molar-refractivity contribution in [3.63, 3.8) is 0 Å². The van der Waals surface area contributed by atoms with Crippen LogP contribution in [-0.4, -0.2) is 43.9 Å². The molecule has 0 fully saturated rings. The van der Waals surface area contributed by atoms with E-state index in [-0.39, 0.29) is 0 Å². The summed E-state index contributed by atoms with van der Waals surface area (Å²) in [5, 5.41) is 5.15. The zero-order valence-corrected chi connectivity index (χ0v) is 12.9. The molecule has 0 atom stereocenters. The van der Waals surface area contributed by atoms with Crippen LogP contribution < -0.4 is 10.6 Å². The molecule has 6 heteroatoms. The van der Waals surface area contributed by atoms with Crippen LogP contribution in [0.3, 0.4) is 0 Å². The number of carbonyl (C=O) groups is 2. The highest BCUT2D eigenvalue weighted by atomic mass is 79.9. The summed E-state index contributed by atoms with van der Waals surface area (Å²) < 4.78 is 0.929. The molecule has 0 aromatic heterocycles. The van der Waals surface area contributed by atoms with E-state index >= 15 is 0 Å². The summed E-state index contributed by atoms with van der Waals surface area (Å²) in [6, 6.07) is 5.44. The Bertz CT molecular complexity index is 475. The number of hydrogen-bond donors (Lipinski definition) is 2. The van der Waals surface area contributed by atoms with Gasteiger partial charge < -0.3 is 15.5 Å². The number of nitrogens with one attached hydrogen (secondary N) is 2. The lowest BCUT2D eigenvalue weighted by Crippen LogP contribution is -2.38. The fourth-order valence-electron chi connectivity index (χ4n) is 1.42. The third-order valence-corrected chi connectivity index (χ3v) is 2.98. The van der Waals surface area contributed by atoms with Gasteiger partial charge in [0.15, 0.2) is 0 Å². The van der Waals surface area contributed by atoms with E-state index < -0.39 is 11.8 Å².